The summed E-state index contributed by atoms with van der Waals surface area (Å²) >= 11 is 14.1. The molecular weight excluding hydrogens is 506 g/mol. The van der Waals surface area contributed by atoms with Crippen molar-refractivity contribution in [1.29, 1.82) is 0 Å². The molecular formula is C23H18Cl2F3N5S. The zero-order chi connectivity index (χ0) is 23.9. The number of hydrogen-bond acceptors (Lipinski definition) is 6. The summed E-state index contributed by atoms with van der Waals surface area (Å²) in [5, 5.41) is 8.28. The van der Waals surface area contributed by atoms with E-state index in [9.17, 15) is 13.2 Å². The zero-order valence-electron chi connectivity index (χ0n) is 17.6. The first-order valence-electron chi connectivity index (χ1n) is 10.6. The Morgan fingerprint density at radius 3 is 2.29 bits per heavy atom. The molecule has 0 saturated heterocycles. The van der Waals surface area contributed by atoms with E-state index in [1.807, 2.05) is 0 Å². The van der Waals surface area contributed by atoms with E-state index in [0.29, 0.717) is 50.3 Å². The van der Waals surface area contributed by atoms with Gasteiger partial charge in [-0.25, -0.2) is 9.97 Å². The van der Waals surface area contributed by atoms with Crippen LogP contribution in [0.3, 0.4) is 0 Å². The van der Waals surface area contributed by atoms with Gasteiger partial charge in [0.05, 0.1) is 5.56 Å². The molecule has 1 saturated carbocycles. The molecule has 1 aliphatic carbocycles. The van der Waals surface area contributed by atoms with Crippen molar-refractivity contribution in [2.24, 2.45) is 0 Å². The van der Waals surface area contributed by atoms with E-state index in [2.05, 4.69) is 20.6 Å². The van der Waals surface area contributed by atoms with E-state index in [1.54, 1.807) is 18.2 Å². The zero-order valence-corrected chi connectivity index (χ0v) is 19.9. The minimum atomic E-state index is -4.40. The highest BCUT2D eigenvalue weighted by molar-refractivity contribution is 7.18. The molecule has 0 aliphatic heterocycles. The maximum Gasteiger partial charge on any atom is 0.416 e. The Morgan fingerprint density at radius 2 is 1.68 bits per heavy atom. The SMILES string of the molecule is FC(F)(F)c1ccc(Nc2nc(NC3CCC3)nc3sc(Cc4c(Cl)cccc4Cl)nc23)cc1. The number of rotatable bonds is 6. The number of nitrogens with zero attached hydrogens (tertiary/aromatic N) is 3. The lowest BCUT2D eigenvalue weighted by Crippen LogP contribution is -2.28. The first kappa shape index (κ1) is 23.1. The van der Waals surface area contributed by atoms with Crippen molar-refractivity contribution in [3.63, 3.8) is 0 Å². The molecule has 0 amide bonds. The molecule has 2 heterocycles. The molecule has 4 aromatic rings. The molecule has 176 valence electrons. The summed E-state index contributed by atoms with van der Waals surface area (Å²) in [5.74, 6) is 0.872. The molecule has 2 aromatic carbocycles. The van der Waals surface area contributed by atoms with Crippen LogP contribution < -0.4 is 10.6 Å². The Labute approximate surface area is 207 Å². The van der Waals surface area contributed by atoms with Crippen molar-refractivity contribution < 1.29 is 13.2 Å². The normalized spacial score (nSPS) is 14.3. The van der Waals surface area contributed by atoms with E-state index < -0.39 is 11.7 Å². The van der Waals surface area contributed by atoms with E-state index in [0.717, 1.165) is 42.0 Å². The summed E-state index contributed by atoms with van der Waals surface area (Å²) in [6, 6.07) is 10.4. The van der Waals surface area contributed by atoms with Gasteiger partial charge in [-0.1, -0.05) is 40.6 Å². The molecule has 5 nitrogen and oxygen atoms in total. The number of nitrogens with one attached hydrogen (secondary N) is 2. The van der Waals surface area contributed by atoms with Crippen LogP contribution in [0.25, 0.3) is 10.3 Å². The van der Waals surface area contributed by atoms with Crippen LogP contribution in [0.5, 0.6) is 0 Å². The minimum Gasteiger partial charge on any atom is -0.351 e. The molecule has 5 rings (SSSR count). The highest BCUT2D eigenvalue weighted by atomic mass is 35.5. The summed E-state index contributed by atoms with van der Waals surface area (Å²) in [7, 11) is 0. The number of hydrogen-bond donors (Lipinski definition) is 2. The van der Waals surface area contributed by atoms with E-state index in [-0.39, 0.29) is 0 Å². The van der Waals surface area contributed by atoms with Crippen LogP contribution in [0.15, 0.2) is 42.5 Å². The van der Waals surface area contributed by atoms with E-state index in [4.69, 9.17) is 28.2 Å². The van der Waals surface area contributed by atoms with Gasteiger partial charge < -0.3 is 10.6 Å². The highest BCUT2D eigenvalue weighted by Crippen LogP contribution is 2.35. The second kappa shape index (κ2) is 9.20. The Balaban J connectivity index is 1.50. The highest BCUT2D eigenvalue weighted by Gasteiger charge is 2.30. The van der Waals surface area contributed by atoms with Crippen LogP contribution >= 0.6 is 34.5 Å². The van der Waals surface area contributed by atoms with Gasteiger partial charge in [-0.15, -0.1) is 0 Å². The van der Waals surface area contributed by atoms with Gasteiger partial charge in [0.1, 0.15) is 10.5 Å². The summed E-state index contributed by atoms with van der Waals surface area (Å²) in [6.07, 6.45) is -0.737. The largest absolute Gasteiger partial charge is 0.416 e. The predicted octanol–water partition coefficient (Wildman–Crippen LogP) is 7.71. The molecule has 0 spiro atoms. The Kier molecular flexibility index (Phi) is 6.26. The predicted molar refractivity (Wildman–Crippen MR) is 130 cm³/mol. The number of aromatic nitrogens is 3. The van der Waals surface area contributed by atoms with Crippen molar-refractivity contribution >= 4 is 62.3 Å². The van der Waals surface area contributed by atoms with Crippen molar-refractivity contribution in [3.05, 3.63) is 68.6 Å². The van der Waals surface area contributed by atoms with Crippen molar-refractivity contribution in [2.75, 3.05) is 10.6 Å². The number of anilines is 3. The number of halogens is 5. The second-order valence-electron chi connectivity index (χ2n) is 8.01. The van der Waals surface area contributed by atoms with Gasteiger partial charge in [0.2, 0.25) is 5.95 Å². The van der Waals surface area contributed by atoms with Crippen LogP contribution in [0.2, 0.25) is 10.0 Å². The number of alkyl halides is 3. The minimum absolute atomic E-state index is 0.311. The summed E-state index contributed by atoms with van der Waals surface area (Å²) in [5.41, 5.74) is 1.04. The van der Waals surface area contributed by atoms with Gasteiger partial charge in [-0.05, 0) is 61.2 Å². The molecule has 0 unspecified atom stereocenters. The number of benzene rings is 2. The number of thiazole rings is 1. The molecule has 2 aromatic heterocycles. The van der Waals surface area contributed by atoms with Crippen molar-refractivity contribution in [3.8, 4) is 0 Å². The standard InChI is InChI=1S/C23H18Cl2F3N5S/c24-16-5-2-6-17(25)15(16)11-18-31-19-20(29-14-9-7-12(8-10-14)23(26,27)28)32-22(33-21(19)34-18)30-13-3-1-4-13/h2,5-10,13H,1,3-4,11H2,(H2,29,30,32,33). The third-order valence-electron chi connectivity index (χ3n) is 5.61. The van der Waals surface area contributed by atoms with Crippen LogP contribution in [-0.2, 0) is 12.6 Å². The average Bonchev–Trinajstić information content (AvgIpc) is 3.16. The molecule has 11 heteroatoms. The lowest BCUT2D eigenvalue weighted by Gasteiger charge is -2.26. The molecule has 0 bridgehead atoms. The molecule has 34 heavy (non-hydrogen) atoms. The summed E-state index contributed by atoms with van der Waals surface area (Å²) in [6.45, 7) is 0. The second-order valence-corrected chi connectivity index (χ2v) is 9.88. The van der Waals surface area contributed by atoms with Gasteiger partial charge in [0.15, 0.2) is 10.6 Å². The third kappa shape index (κ3) is 4.92. The summed E-state index contributed by atoms with van der Waals surface area (Å²) in [4.78, 5) is 14.6. The van der Waals surface area contributed by atoms with Gasteiger partial charge in [0.25, 0.3) is 0 Å². The third-order valence-corrected chi connectivity index (χ3v) is 7.26. The first-order valence-corrected chi connectivity index (χ1v) is 12.1. The van der Waals surface area contributed by atoms with Crippen LogP contribution in [0.4, 0.5) is 30.6 Å². The molecule has 1 aliphatic rings. The maximum atomic E-state index is 12.9. The summed E-state index contributed by atoms with van der Waals surface area (Å²) < 4.78 is 38.8. The lowest BCUT2D eigenvalue weighted by molar-refractivity contribution is -0.137. The lowest BCUT2D eigenvalue weighted by atomic mass is 9.93. The van der Waals surface area contributed by atoms with Gasteiger partial charge in [0, 0.05) is 28.2 Å². The van der Waals surface area contributed by atoms with Crippen molar-refractivity contribution in [2.45, 2.75) is 37.9 Å². The van der Waals surface area contributed by atoms with E-state index >= 15 is 0 Å². The first-order chi connectivity index (χ1) is 16.3. The Bertz CT molecular complexity index is 1320. The van der Waals surface area contributed by atoms with Crippen LogP contribution in [0.1, 0.15) is 35.4 Å². The maximum absolute atomic E-state index is 12.9. The van der Waals surface area contributed by atoms with Gasteiger partial charge in [-0.2, -0.15) is 18.2 Å². The number of fused-ring (bicyclic) bond motifs is 1. The Morgan fingerprint density at radius 1 is 0.971 bits per heavy atom. The fourth-order valence-electron chi connectivity index (χ4n) is 3.56. The van der Waals surface area contributed by atoms with Crippen LogP contribution in [0, 0.1) is 0 Å². The van der Waals surface area contributed by atoms with Gasteiger partial charge in [-0.3, -0.25) is 0 Å². The quantitative estimate of drug-likeness (QED) is 0.271. The topological polar surface area (TPSA) is 62.7 Å². The smallest absolute Gasteiger partial charge is 0.351 e. The Hall–Kier alpha value is -2.62. The molecule has 0 radical (unpaired) electrons. The van der Waals surface area contributed by atoms with Crippen molar-refractivity contribution in [1.82, 2.24) is 15.0 Å². The van der Waals surface area contributed by atoms with Crippen LogP contribution in [-0.4, -0.2) is 21.0 Å². The molecule has 0 atom stereocenters. The van der Waals surface area contributed by atoms with E-state index in [1.165, 1.54) is 23.5 Å². The van der Waals surface area contributed by atoms with Gasteiger partial charge >= 0.3 is 6.18 Å². The monoisotopic (exact) mass is 523 g/mol. The molecule has 1 fully saturated rings. The fraction of sp³-hybridized carbons (Fsp3) is 0.261. The average molecular weight is 524 g/mol. The fourth-order valence-corrected chi connectivity index (χ4v) is 5.04. The molecule has 2 N–H and O–H groups in total.